The summed E-state index contributed by atoms with van der Waals surface area (Å²) >= 11 is 12.5. The first-order valence-electron chi connectivity index (χ1n) is 14.7. The molecule has 1 saturated carbocycles. The van der Waals surface area contributed by atoms with E-state index in [2.05, 4.69) is 9.88 Å². The number of aromatic nitrogens is 3. The molecule has 11 heteroatoms. The molecule has 1 aliphatic carbocycles. The first-order chi connectivity index (χ1) is 21.2. The number of alkyl halides is 1. The van der Waals surface area contributed by atoms with Gasteiger partial charge in [-0.05, 0) is 86.7 Å². The monoisotopic (exact) mass is 638 g/mol. The molecule has 4 aromatic rings. The van der Waals surface area contributed by atoms with Crippen molar-refractivity contribution in [2.75, 3.05) is 19.8 Å². The molecule has 2 aromatic heterocycles. The van der Waals surface area contributed by atoms with E-state index in [0.29, 0.717) is 51.2 Å². The van der Waals surface area contributed by atoms with E-state index in [1.54, 1.807) is 30.3 Å². The summed E-state index contributed by atoms with van der Waals surface area (Å²) in [5, 5.41) is 10.4. The Hall–Kier alpha value is -3.53. The van der Waals surface area contributed by atoms with E-state index in [9.17, 15) is 14.3 Å². The highest BCUT2D eigenvalue weighted by molar-refractivity contribution is 6.35. The molecule has 7 rings (SSSR count). The van der Waals surface area contributed by atoms with E-state index in [1.165, 1.54) is 12.1 Å². The van der Waals surface area contributed by atoms with Crippen molar-refractivity contribution >= 4 is 46.2 Å². The maximum Gasteiger partial charge on any atom is 0.354 e. The second-order valence-electron chi connectivity index (χ2n) is 12.1. The number of carboxylic acid groups (broad SMARTS) is 1. The summed E-state index contributed by atoms with van der Waals surface area (Å²) in [6.45, 7) is 2.06. The van der Waals surface area contributed by atoms with E-state index < -0.39 is 24.2 Å². The standard InChI is InChI=1S/C33H30Cl2F2N4O3/c34-20-4-5-22(24(35)14-20)28-15-25(37)23-3-1-2-21(30(23)44-28)19-8-12-40(13-9-19)16-29-38-26-6-7-27(32(42)43)39-31(26)41(29)18-33(17-36)10-11-33/h1-7,14-15,19,28H,8-13,16-18H2,(H,42,43)/t28-/m0/s1. The lowest BCUT2D eigenvalue weighted by Crippen LogP contribution is -2.34. The molecule has 0 bridgehead atoms. The minimum absolute atomic E-state index is 0.0589. The van der Waals surface area contributed by atoms with Gasteiger partial charge >= 0.3 is 5.97 Å². The van der Waals surface area contributed by atoms with Crippen molar-refractivity contribution in [3.63, 3.8) is 0 Å². The fourth-order valence-electron chi connectivity index (χ4n) is 6.37. The van der Waals surface area contributed by atoms with Crippen LogP contribution in [0.25, 0.3) is 17.0 Å². The van der Waals surface area contributed by atoms with Gasteiger partial charge in [-0.3, -0.25) is 9.29 Å². The van der Waals surface area contributed by atoms with Gasteiger partial charge in [-0.1, -0.05) is 41.4 Å². The molecule has 0 spiro atoms. The highest BCUT2D eigenvalue weighted by Gasteiger charge is 2.44. The largest absolute Gasteiger partial charge is 0.480 e. The number of carbonyl (C=O) groups is 1. The van der Waals surface area contributed by atoms with Gasteiger partial charge in [0.15, 0.2) is 11.3 Å². The number of ether oxygens (including phenoxy) is 1. The van der Waals surface area contributed by atoms with Crippen molar-refractivity contribution in [1.29, 1.82) is 0 Å². The van der Waals surface area contributed by atoms with Crippen LogP contribution in [0.3, 0.4) is 0 Å². The van der Waals surface area contributed by atoms with Gasteiger partial charge in [0, 0.05) is 27.6 Å². The predicted octanol–water partition coefficient (Wildman–Crippen LogP) is 8.01. The number of para-hydroxylation sites is 1. The summed E-state index contributed by atoms with van der Waals surface area (Å²) in [6, 6.07) is 13.8. The molecule has 2 aliphatic heterocycles. The Labute approximate surface area is 263 Å². The van der Waals surface area contributed by atoms with Gasteiger partial charge in [-0.15, -0.1) is 0 Å². The molecule has 2 fully saturated rings. The molecule has 4 heterocycles. The van der Waals surface area contributed by atoms with Gasteiger partial charge in [0.25, 0.3) is 0 Å². The van der Waals surface area contributed by atoms with E-state index in [-0.39, 0.29) is 17.4 Å². The van der Waals surface area contributed by atoms with Crippen LogP contribution in [0.2, 0.25) is 10.0 Å². The lowest BCUT2D eigenvalue weighted by atomic mass is 9.86. The van der Waals surface area contributed by atoms with Gasteiger partial charge in [0.1, 0.15) is 29.0 Å². The van der Waals surface area contributed by atoms with Gasteiger partial charge in [0.2, 0.25) is 0 Å². The smallest absolute Gasteiger partial charge is 0.354 e. The molecule has 3 aliphatic rings. The molecule has 7 nitrogen and oxygen atoms in total. The number of benzene rings is 2. The first-order valence-corrected chi connectivity index (χ1v) is 15.5. The van der Waals surface area contributed by atoms with Crippen molar-refractivity contribution in [2.24, 2.45) is 5.41 Å². The van der Waals surface area contributed by atoms with Crippen LogP contribution in [0.1, 0.15) is 70.7 Å². The number of halogens is 4. The Balaban J connectivity index is 1.10. The lowest BCUT2D eigenvalue weighted by molar-refractivity contribution is 0.0690. The maximum atomic E-state index is 15.4. The number of hydrogen-bond acceptors (Lipinski definition) is 5. The number of hydrogen-bond donors (Lipinski definition) is 1. The van der Waals surface area contributed by atoms with Crippen LogP contribution in [-0.4, -0.2) is 50.3 Å². The van der Waals surface area contributed by atoms with Crippen molar-refractivity contribution in [3.05, 3.63) is 92.9 Å². The summed E-state index contributed by atoms with van der Waals surface area (Å²) in [4.78, 5) is 23.1. The third-order valence-electron chi connectivity index (χ3n) is 9.13. The molecule has 44 heavy (non-hydrogen) atoms. The zero-order valence-electron chi connectivity index (χ0n) is 23.8. The topological polar surface area (TPSA) is 80.5 Å². The van der Waals surface area contributed by atoms with Gasteiger partial charge < -0.3 is 14.4 Å². The van der Waals surface area contributed by atoms with Crippen LogP contribution in [0.15, 0.2) is 54.6 Å². The third kappa shape index (κ3) is 5.46. The number of aromatic carboxylic acids is 1. The van der Waals surface area contributed by atoms with Crippen molar-refractivity contribution in [3.8, 4) is 5.75 Å². The number of rotatable bonds is 8. The van der Waals surface area contributed by atoms with Crippen LogP contribution in [-0.2, 0) is 13.1 Å². The van der Waals surface area contributed by atoms with E-state index in [4.69, 9.17) is 32.9 Å². The zero-order chi connectivity index (χ0) is 30.6. The lowest BCUT2D eigenvalue weighted by Gasteiger charge is -2.34. The normalized spacial score (nSPS) is 19.8. The summed E-state index contributed by atoms with van der Waals surface area (Å²) < 4.78 is 37.6. The minimum atomic E-state index is -1.11. The Morgan fingerprint density at radius 1 is 1.07 bits per heavy atom. The number of imidazole rings is 1. The first kappa shape index (κ1) is 29.2. The van der Waals surface area contributed by atoms with E-state index in [1.807, 2.05) is 16.7 Å². The van der Waals surface area contributed by atoms with Crippen molar-refractivity contribution in [2.45, 2.75) is 50.8 Å². The van der Waals surface area contributed by atoms with Crippen molar-refractivity contribution < 1.29 is 23.4 Å². The van der Waals surface area contributed by atoms with Gasteiger partial charge in [-0.25, -0.2) is 19.2 Å². The highest BCUT2D eigenvalue weighted by Crippen LogP contribution is 2.48. The maximum absolute atomic E-state index is 15.4. The van der Waals surface area contributed by atoms with Gasteiger partial charge in [0.05, 0.1) is 18.8 Å². The second kappa shape index (κ2) is 11.4. The van der Waals surface area contributed by atoms with Crippen LogP contribution in [0, 0.1) is 5.41 Å². The third-order valence-corrected chi connectivity index (χ3v) is 9.69. The van der Waals surface area contributed by atoms with Gasteiger partial charge in [-0.2, -0.15) is 0 Å². The Bertz CT molecular complexity index is 1800. The van der Waals surface area contributed by atoms with E-state index in [0.717, 1.165) is 50.2 Å². The van der Waals surface area contributed by atoms with Crippen molar-refractivity contribution in [1.82, 2.24) is 19.4 Å². The number of pyridine rings is 1. The number of nitrogens with zero attached hydrogens (tertiary/aromatic N) is 4. The summed E-state index contributed by atoms with van der Waals surface area (Å²) in [7, 11) is 0. The average molecular weight is 640 g/mol. The molecular weight excluding hydrogens is 609 g/mol. The van der Waals surface area contributed by atoms with Crippen LogP contribution in [0.5, 0.6) is 5.75 Å². The highest BCUT2D eigenvalue weighted by atomic mass is 35.5. The number of fused-ring (bicyclic) bond motifs is 2. The fourth-order valence-corrected chi connectivity index (χ4v) is 6.88. The molecular formula is C33H30Cl2F2N4O3. The average Bonchev–Trinajstić information content (AvgIpc) is 3.72. The quantitative estimate of drug-likeness (QED) is 0.211. The summed E-state index contributed by atoms with van der Waals surface area (Å²) in [5.74, 6) is 0.00337. The molecule has 0 unspecified atom stereocenters. The molecule has 1 N–H and O–H groups in total. The zero-order valence-corrected chi connectivity index (χ0v) is 25.3. The summed E-state index contributed by atoms with van der Waals surface area (Å²) in [5.41, 5.74) is 2.65. The predicted molar refractivity (Wildman–Crippen MR) is 165 cm³/mol. The number of carboxylic acids is 1. The van der Waals surface area contributed by atoms with Crippen LogP contribution < -0.4 is 4.74 Å². The molecule has 1 saturated heterocycles. The Kier molecular flexibility index (Phi) is 7.59. The second-order valence-corrected chi connectivity index (χ2v) is 12.9. The Morgan fingerprint density at radius 3 is 2.57 bits per heavy atom. The molecule has 2 aromatic carbocycles. The molecule has 228 valence electrons. The van der Waals surface area contributed by atoms with Crippen LogP contribution >= 0.6 is 23.2 Å². The fraction of sp³-hybridized carbons (Fsp3) is 0.364. The number of piperidine rings is 1. The van der Waals surface area contributed by atoms with E-state index >= 15 is 4.39 Å². The van der Waals surface area contributed by atoms with Crippen LogP contribution in [0.4, 0.5) is 8.78 Å². The number of likely N-dealkylation sites (tertiary alicyclic amines) is 1. The Morgan fingerprint density at radius 2 is 1.86 bits per heavy atom. The molecule has 1 atom stereocenters. The SMILES string of the molecule is O=C(O)c1ccc2nc(CN3CCC(c4cccc5c4O[C@H](c4ccc(Cl)cc4Cl)C=C5F)CC3)n(CC3(CF)CC3)c2n1. The minimum Gasteiger partial charge on any atom is -0.480 e. The summed E-state index contributed by atoms with van der Waals surface area (Å²) in [6.07, 6.45) is 4.00. The molecule has 0 amide bonds. The molecule has 0 radical (unpaired) electrons.